The zero-order chi connectivity index (χ0) is 12.8. The van der Waals surface area contributed by atoms with E-state index in [1.54, 1.807) is 0 Å². The molecular formula is C17H26O. The molecule has 1 saturated carbocycles. The summed E-state index contributed by atoms with van der Waals surface area (Å²) in [6.07, 6.45) is 9.16. The van der Waals surface area contributed by atoms with Gasteiger partial charge in [0, 0.05) is 6.61 Å². The Kier molecular flexibility index (Phi) is 5.25. The summed E-state index contributed by atoms with van der Waals surface area (Å²) in [7, 11) is 0. The highest BCUT2D eigenvalue weighted by molar-refractivity contribution is 5.21. The standard InChI is InChI=1S/C17H26O/c1-14-8-10-15(11-9-14)12-17(13-18)16-6-4-2-3-5-7-16/h8-11,16-18H,2-7,12-13H2,1H3. The first-order valence-corrected chi connectivity index (χ1v) is 7.46. The van der Waals surface area contributed by atoms with Gasteiger partial charge in [0.1, 0.15) is 0 Å². The van der Waals surface area contributed by atoms with E-state index in [4.69, 9.17) is 0 Å². The normalized spacial score (nSPS) is 19.4. The van der Waals surface area contributed by atoms with Gasteiger partial charge in [-0.3, -0.25) is 0 Å². The van der Waals surface area contributed by atoms with Crippen LogP contribution in [0.4, 0.5) is 0 Å². The quantitative estimate of drug-likeness (QED) is 0.792. The maximum atomic E-state index is 9.69. The van der Waals surface area contributed by atoms with Crippen molar-refractivity contribution in [2.24, 2.45) is 11.8 Å². The first kappa shape index (κ1) is 13.6. The number of hydrogen-bond donors (Lipinski definition) is 1. The van der Waals surface area contributed by atoms with Crippen LogP contribution in [-0.2, 0) is 6.42 Å². The maximum absolute atomic E-state index is 9.69. The largest absolute Gasteiger partial charge is 0.396 e. The van der Waals surface area contributed by atoms with Crippen LogP contribution in [0.3, 0.4) is 0 Å². The van der Waals surface area contributed by atoms with Crippen LogP contribution in [0.1, 0.15) is 49.7 Å². The molecule has 0 amide bonds. The molecule has 1 aliphatic rings. The number of benzene rings is 1. The molecule has 0 bridgehead atoms. The lowest BCUT2D eigenvalue weighted by Crippen LogP contribution is -2.20. The minimum atomic E-state index is 0.346. The first-order chi connectivity index (χ1) is 8.79. The highest BCUT2D eigenvalue weighted by Gasteiger charge is 2.22. The van der Waals surface area contributed by atoms with E-state index in [0.717, 1.165) is 12.3 Å². The summed E-state index contributed by atoms with van der Waals surface area (Å²) in [5.41, 5.74) is 2.69. The van der Waals surface area contributed by atoms with Crippen molar-refractivity contribution in [1.82, 2.24) is 0 Å². The van der Waals surface area contributed by atoms with E-state index >= 15 is 0 Å². The van der Waals surface area contributed by atoms with Crippen molar-refractivity contribution in [3.8, 4) is 0 Å². The van der Waals surface area contributed by atoms with E-state index in [2.05, 4.69) is 31.2 Å². The summed E-state index contributed by atoms with van der Waals surface area (Å²) in [5, 5.41) is 9.69. The number of rotatable bonds is 4. The second-order valence-corrected chi connectivity index (χ2v) is 5.88. The topological polar surface area (TPSA) is 20.2 Å². The molecule has 0 heterocycles. The van der Waals surface area contributed by atoms with Gasteiger partial charge in [0.05, 0.1) is 0 Å². The molecule has 1 N–H and O–H groups in total. The minimum Gasteiger partial charge on any atom is -0.396 e. The molecule has 0 aliphatic heterocycles. The molecule has 2 rings (SSSR count). The zero-order valence-corrected chi connectivity index (χ0v) is 11.6. The van der Waals surface area contributed by atoms with E-state index in [0.29, 0.717) is 12.5 Å². The fourth-order valence-corrected chi connectivity index (χ4v) is 3.19. The van der Waals surface area contributed by atoms with Gasteiger partial charge in [-0.1, -0.05) is 68.4 Å². The number of aliphatic hydroxyl groups excluding tert-OH is 1. The van der Waals surface area contributed by atoms with Gasteiger partial charge < -0.3 is 5.11 Å². The lowest BCUT2D eigenvalue weighted by molar-refractivity contribution is 0.163. The Labute approximate surface area is 111 Å². The van der Waals surface area contributed by atoms with Crippen LogP contribution in [0.5, 0.6) is 0 Å². The summed E-state index contributed by atoms with van der Waals surface area (Å²) in [6, 6.07) is 8.79. The van der Waals surface area contributed by atoms with Gasteiger partial charge >= 0.3 is 0 Å². The highest BCUT2D eigenvalue weighted by Crippen LogP contribution is 2.30. The maximum Gasteiger partial charge on any atom is 0.0465 e. The summed E-state index contributed by atoms with van der Waals surface area (Å²) < 4.78 is 0. The molecule has 1 heteroatoms. The fraction of sp³-hybridized carbons (Fsp3) is 0.647. The number of aryl methyl sites for hydroxylation is 1. The van der Waals surface area contributed by atoms with Crippen molar-refractivity contribution in [3.05, 3.63) is 35.4 Å². The van der Waals surface area contributed by atoms with Gasteiger partial charge in [0.15, 0.2) is 0 Å². The molecule has 0 spiro atoms. The Morgan fingerprint density at radius 2 is 1.67 bits per heavy atom. The molecule has 1 atom stereocenters. The lowest BCUT2D eigenvalue weighted by atomic mass is 9.82. The lowest BCUT2D eigenvalue weighted by Gasteiger charge is -2.24. The molecule has 1 aromatic carbocycles. The summed E-state index contributed by atoms with van der Waals surface area (Å²) in [4.78, 5) is 0. The third-order valence-electron chi connectivity index (χ3n) is 4.42. The Balaban J connectivity index is 1.97. The first-order valence-electron chi connectivity index (χ1n) is 7.46. The third-order valence-corrected chi connectivity index (χ3v) is 4.42. The minimum absolute atomic E-state index is 0.346. The molecule has 1 fully saturated rings. The van der Waals surface area contributed by atoms with Crippen molar-refractivity contribution < 1.29 is 5.11 Å². The van der Waals surface area contributed by atoms with Crippen LogP contribution < -0.4 is 0 Å². The second-order valence-electron chi connectivity index (χ2n) is 5.88. The van der Waals surface area contributed by atoms with Crippen LogP contribution >= 0.6 is 0 Å². The highest BCUT2D eigenvalue weighted by atomic mass is 16.3. The van der Waals surface area contributed by atoms with E-state index in [1.807, 2.05) is 0 Å². The van der Waals surface area contributed by atoms with Crippen LogP contribution in [0.2, 0.25) is 0 Å². The molecule has 0 saturated heterocycles. The van der Waals surface area contributed by atoms with Crippen LogP contribution in [0.25, 0.3) is 0 Å². The Morgan fingerprint density at radius 1 is 1.06 bits per heavy atom. The molecule has 0 radical (unpaired) electrons. The summed E-state index contributed by atoms with van der Waals surface area (Å²) in [6.45, 7) is 2.47. The SMILES string of the molecule is Cc1ccc(CC(CO)C2CCCCCC2)cc1. The molecule has 100 valence electrons. The average Bonchev–Trinajstić information content (AvgIpc) is 2.67. The molecule has 1 nitrogen and oxygen atoms in total. The fourth-order valence-electron chi connectivity index (χ4n) is 3.19. The van der Waals surface area contributed by atoms with E-state index in [-0.39, 0.29) is 0 Å². The molecule has 1 aliphatic carbocycles. The monoisotopic (exact) mass is 246 g/mol. The predicted molar refractivity (Wildman–Crippen MR) is 76.7 cm³/mol. The Hall–Kier alpha value is -0.820. The average molecular weight is 246 g/mol. The van der Waals surface area contributed by atoms with Crippen molar-refractivity contribution in [2.45, 2.75) is 51.9 Å². The Morgan fingerprint density at radius 3 is 2.22 bits per heavy atom. The molecule has 0 aromatic heterocycles. The van der Waals surface area contributed by atoms with E-state index < -0.39 is 0 Å². The van der Waals surface area contributed by atoms with Gasteiger partial charge in [-0.05, 0) is 30.7 Å². The van der Waals surface area contributed by atoms with Gasteiger partial charge in [-0.2, -0.15) is 0 Å². The van der Waals surface area contributed by atoms with E-state index in [1.165, 1.54) is 49.7 Å². The third kappa shape index (κ3) is 3.84. The van der Waals surface area contributed by atoms with Crippen molar-refractivity contribution in [3.63, 3.8) is 0 Å². The van der Waals surface area contributed by atoms with Crippen LogP contribution in [0.15, 0.2) is 24.3 Å². The van der Waals surface area contributed by atoms with Crippen LogP contribution in [0, 0.1) is 18.8 Å². The zero-order valence-electron chi connectivity index (χ0n) is 11.6. The van der Waals surface area contributed by atoms with Crippen molar-refractivity contribution in [2.75, 3.05) is 6.61 Å². The van der Waals surface area contributed by atoms with Gasteiger partial charge in [-0.15, -0.1) is 0 Å². The second kappa shape index (κ2) is 6.94. The van der Waals surface area contributed by atoms with Crippen LogP contribution in [-0.4, -0.2) is 11.7 Å². The smallest absolute Gasteiger partial charge is 0.0465 e. The molecular weight excluding hydrogens is 220 g/mol. The summed E-state index contributed by atoms with van der Waals surface area (Å²) in [5.74, 6) is 1.20. The van der Waals surface area contributed by atoms with Crippen molar-refractivity contribution >= 4 is 0 Å². The number of aliphatic hydroxyl groups is 1. The molecule has 1 aromatic rings. The van der Waals surface area contributed by atoms with Gasteiger partial charge in [0.25, 0.3) is 0 Å². The summed E-state index contributed by atoms with van der Waals surface area (Å²) >= 11 is 0. The molecule has 1 unspecified atom stereocenters. The predicted octanol–water partition coefficient (Wildman–Crippen LogP) is 4.12. The van der Waals surface area contributed by atoms with Crippen molar-refractivity contribution in [1.29, 1.82) is 0 Å². The van der Waals surface area contributed by atoms with Gasteiger partial charge in [-0.25, -0.2) is 0 Å². The molecule has 18 heavy (non-hydrogen) atoms. The van der Waals surface area contributed by atoms with Gasteiger partial charge in [0.2, 0.25) is 0 Å². The Bertz CT molecular complexity index is 333. The van der Waals surface area contributed by atoms with E-state index in [9.17, 15) is 5.11 Å². The number of hydrogen-bond acceptors (Lipinski definition) is 1.